The van der Waals surface area contributed by atoms with Crippen LogP contribution in [0, 0.1) is 0 Å². The van der Waals surface area contributed by atoms with Crippen LogP contribution in [0.5, 0.6) is 11.5 Å². The van der Waals surface area contributed by atoms with Crippen LogP contribution in [0.2, 0.25) is 0 Å². The molecule has 0 amide bonds. The highest BCUT2D eigenvalue weighted by Crippen LogP contribution is 2.33. The number of imidazole rings is 1. The molecule has 0 radical (unpaired) electrons. The lowest BCUT2D eigenvalue weighted by molar-refractivity contribution is 0.296. The summed E-state index contributed by atoms with van der Waals surface area (Å²) in [5.74, 6) is 2.23. The molecule has 0 fully saturated rings. The maximum atomic E-state index is 8.82. The summed E-state index contributed by atoms with van der Waals surface area (Å²) < 4.78 is 12.6. The molecule has 2 rings (SSSR count). The Morgan fingerprint density at radius 2 is 1.95 bits per heavy atom. The molecule has 1 aromatic heterocycles. The lowest BCUT2D eigenvalue weighted by Gasteiger charge is -2.07. The number of fused-ring (bicyclic) bond motifs is 1. The average Bonchev–Trinajstić information content (AvgIpc) is 2.74. The number of aliphatic hydroxyl groups excluding tert-OH is 1. The zero-order valence-electron chi connectivity index (χ0n) is 11.3. The number of hydrogen-bond donors (Lipinski definition) is 1. The van der Waals surface area contributed by atoms with Crippen LogP contribution in [-0.4, -0.2) is 41.2 Å². The molecule has 6 heteroatoms. The number of aliphatic hydroxyl groups is 1. The molecule has 0 bridgehead atoms. The van der Waals surface area contributed by atoms with E-state index in [1.54, 1.807) is 26.0 Å². The van der Waals surface area contributed by atoms with Crippen molar-refractivity contribution < 1.29 is 14.6 Å². The summed E-state index contributed by atoms with van der Waals surface area (Å²) in [6.07, 6.45) is 0.764. The molecule has 0 aliphatic rings. The molecule has 104 valence electrons. The fourth-order valence-corrected chi connectivity index (χ4v) is 2.76. The van der Waals surface area contributed by atoms with E-state index in [1.165, 1.54) is 0 Å². The largest absolute Gasteiger partial charge is 0.493 e. The van der Waals surface area contributed by atoms with Gasteiger partial charge in [0, 0.05) is 31.5 Å². The van der Waals surface area contributed by atoms with E-state index in [9.17, 15) is 0 Å². The van der Waals surface area contributed by atoms with Crippen molar-refractivity contribution >= 4 is 22.8 Å². The molecular formula is C13H18N2O3S. The van der Waals surface area contributed by atoms with E-state index in [1.807, 2.05) is 23.7 Å². The number of aromatic nitrogens is 2. The Morgan fingerprint density at radius 3 is 2.58 bits per heavy atom. The molecule has 0 aliphatic heterocycles. The molecule has 0 unspecified atom stereocenters. The van der Waals surface area contributed by atoms with Gasteiger partial charge in [-0.1, -0.05) is 11.8 Å². The molecule has 5 nitrogen and oxygen atoms in total. The number of benzene rings is 1. The molecule has 0 aliphatic carbocycles. The van der Waals surface area contributed by atoms with E-state index in [-0.39, 0.29) is 6.61 Å². The van der Waals surface area contributed by atoms with E-state index in [2.05, 4.69) is 4.98 Å². The van der Waals surface area contributed by atoms with Crippen LogP contribution in [0.1, 0.15) is 6.42 Å². The van der Waals surface area contributed by atoms with Crippen molar-refractivity contribution in [3.63, 3.8) is 0 Å². The predicted molar refractivity (Wildman–Crippen MR) is 76.2 cm³/mol. The van der Waals surface area contributed by atoms with Gasteiger partial charge in [0.15, 0.2) is 16.7 Å². The minimum absolute atomic E-state index is 0.207. The second kappa shape index (κ2) is 6.16. The normalized spacial score (nSPS) is 10.9. The topological polar surface area (TPSA) is 56.5 Å². The number of ether oxygens (including phenoxy) is 2. The van der Waals surface area contributed by atoms with Crippen LogP contribution < -0.4 is 9.47 Å². The number of rotatable bonds is 6. The van der Waals surface area contributed by atoms with Gasteiger partial charge in [0.25, 0.3) is 0 Å². The summed E-state index contributed by atoms with van der Waals surface area (Å²) in [6.45, 7) is 0.207. The van der Waals surface area contributed by atoms with Crippen LogP contribution >= 0.6 is 11.8 Å². The highest BCUT2D eigenvalue weighted by atomic mass is 32.2. The summed E-state index contributed by atoms with van der Waals surface area (Å²) >= 11 is 1.63. The summed E-state index contributed by atoms with van der Waals surface area (Å²) in [7, 11) is 5.21. The smallest absolute Gasteiger partial charge is 0.168 e. The van der Waals surface area contributed by atoms with E-state index in [0.717, 1.165) is 28.4 Å². The first-order valence-electron chi connectivity index (χ1n) is 6.03. The van der Waals surface area contributed by atoms with Gasteiger partial charge in [0.05, 0.1) is 25.3 Å². The number of thioether (sulfide) groups is 1. The molecule has 19 heavy (non-hydrogen) atoms. The zero-order valence-corrected chi connectivity index (χ0v) is 12.2. The Bertz CT molecular complexity index is 569. The number of methoxy groups -OCH3 is 2. The van der Waals surface area contributed by atoms with Crippen LogP contribution in [0.3, 0.4) is 0 Å². The van der Waals surface area contributed by atoms with Crippen molar-refractivity contribution in [3.05, 3.63) is 12.1 Å². The Kier molecular flexibility index (Phi) is 4.55. The molecule has 1 N–H and O–H groups in total. The first kappa shape index (κ1) is 14.0. The molecule has 1 heterocycles. The maximum Gasteiger partial charge on any atom is 0.168 e. The van der Waals surface area contributed by atoms with Crippen molar-refractivity contribution in [1.82, 2.24) is 9.55 Å². The van der Waals surface area contributed by atoms with Crippen molar-refractivity contribution in [1.29, 1.82) is 0 Å². The minimum atomic E-state index is 0.207. The van der Waals surface area contributed by atoms with Crippen LogP contribution in [0.25, 0.3) is 11.0 Å². The van der Waals surface area contributed by atoms with Crippen LogP contribution in [-0.2, 0) is 7.05 Å². The van der Waals surface area contributed by atoms with E-state index in [4.69, 9.17) is 14.6 Å². The lowest BCUT2D eigenvalue weighted by atomic mass is 10.2. The monoisotopic (exact) mass is 282 g/mol. The third-order valence-corrected chi connectivity index (χ3v) is 3.99. The quantitative estimate of drug-likeness (QED) is 0.649. The Hall–Kier alpha value is -1.40. The molecule has 1 aromatic carbocycles. The fourth-order valence-electron chi connectivity index (χ4n) is 1.85. The third-order valence-electron chi connectivity index (χ3n) is 2.88. The lowest BCUT2D eigenvalue weighted by Crippen LogP contribution is -1.94. The summed E-state index contributed by atoms with van der Waals surface area (Å²) in [4.78, 5) is 4.58. The Labute approximate surface area is 116 Å². The van der Waals surface area contributed by atoms with E-state index < -0.39 is 0 Å². The highest BCUT2D eigenvalue weighted by Gasteiger charge is 2.13. The van der Waals surface area contributed by atoms with Crippen molar-refractivity contribution in [3.8, 4) is 11.5 Å². The standard InChI is InChI=1S/C13H18N2O3S/c1-15-10-8-12(18-3)11(17-2)7-9(10)14-13(15)19-6-4-5-16/h7-8,16H,4-6H2,1-3H3. The van der Waals surface area contributed by atoms with Crippen LogP contribution in [0.15, 0.2) is 17.3 Å². The second-order valence-electron chi connectivity index (χ2n) is 4.07. The molecule has 2 aromatic rings. The third kappa shape index (κ3) is 2.79. The summed E-state index contributed by atoms with van der Waals surface area (Å²) in [6, 6.07) is 3.81. The second-order valence-corrected chi connectivity index (χ2v) is 5.14. The molecule has 0 atom stereocenters. The van der Waals surface area contributed by atoms with Gasteiger partial charge in [-0.05, 0) is 6.42 Å². The van der Waals surface area contributed by atoms with Gasteiger partial charge in [-0.2, -0.15) is 0 Å². The maximum absolute atomic E-state index is 8.82. The highest BCUT2D eigenvalue weighted by molar-refractivity contribution is 7.99. The Balaban J connectivity index is 2.39. The average molecular weight is 282 g/mol. The first-order chi connectivity index (χ1) is 9.21. The van der Waals surface area contributed by atoms with E-state index >= 15 is 0 Å². The van der Waals surface area contributed by atoms with Gasteiger partial charge in [-0.25, -0.2) is 4.98 Å². The van der Waals surface area contributed by atoms with Crippen molar-refractivity contribution in [2.75, 3.05) is 26.6 Å². The summed E-state index contributed by atoms with van der Waals surface area (Å²) in [5, 5.41) is 9.75. The molecular weight excluding hydrogens is 264 g/mol. The van der Waals surface area contributed by atoms with Gasteiger partial charge >= 0.3 is 0 Å². The molecule has 0 saturated carbocycles. The number of hydrogen-bond acceptors (Lipinski definition) is 5. The first-order valence-corrected chi connectivity index (χ1v) is 7.02. The van der Waals surface area contributed by atoms with Gasteiger partial charge in [0.2, 0.25) is 0 Å². The van der Waals surface area contributed by atoms with Gasteiger partial charge < -0.3 is 19.1 Å². The van der Waals surface area contributed by atoms with E-state index in [0.29, 0.717) is 11.5 Å². The predicted octanol–water partition coefficient (Wildman–Crippen LogP) is 2.06. The number of aryl methyl sites for hydroxylation is 1. The molecule has 0 saturated heterocycles. The van der Waals surface area contributed by atoms with Crippen molar-refractivity contribution in [2.24, 2.45) is 7.05 Å². The SMILES string of the molecule is COc1cc2nc(SCCCO)n(C)c2cc1OC. The Morgan fingerprint density at radius 1 is 1.26 bits per heavy atom. The van der Waals surface area contributed by atoms with Gasteiger partial charge in [0.1, 0.15) is 0 Å². The van der Waals surface area contributed by atoms with Gasteiger partial charge in [-0.15, -0.1) is 0 Å². The fraction of sp³-hybridized carbons (Fsp3) is 0.462. The minimum Gasteiger partial charge on any atom is -0.493 e. The molecule has 0 spiro atoms. The van der Waals surface area contributed by atoms with Crippen LogP contribution in [0.4, 0.5) is 0 Å². The summed E-state index contributed by atoms with van der Waals surface area (Å²) in [5.41, 5.74) is 1.88. The number of nitrogens with zero attached hydrogens (tertiary/aromatic N) is 2. The zero-order chi connectivity index (χ0) is 13.8. The van der Waals surface area contributed by atoms with Gasteiger partial charge in [-0.3, -0.25) is 0 Å². The van der Waals surface area contributed by atoms with Crippen molar-refractivity contribution in [2.45, 2.75) is 11.6 Å².